The number of rotatable bonds is 4. The van der Waals surface area contributed by atoms with Gasteiger partial charge in [-0.15, -0.1) is 0 Å². The highest BCUT2D eigenvalue weighted by Crippen LogP contribution is 2.25. The summed E-state index contributed by atoms with van der Waals surface area (Å²) in [6.07, 6.45) is 3.76. The second-order valence-electron chi connectivity index (χ2n) is 4.10. The molecule has 20 heavy (non-hydrogen) atoms. The number of benzene rings is 1. The second kappa shape index (κ2) is 5.97. The average molecular weight is 273 g/mol. The maximum atomic E-state index is 13.8. The minimum Gasteiger partial charge on any atom is -0.478 e. The number of nitrogens with zero attached hydrogens (tertiary/aromatic N) is 1. The van der Waals surface area contributed by atoms with Crippen LogP contribution in [-0.4, -0.2) is 16.1 Å². The third kappa shape index (κ3) is 3.65. The first-order valence-electron chi connectivity index (χ1n) is 5.85. The van der Waals surface area contributed by atoms with E-state index in [1.54, 1.807) is 18.2 Å². The van der Waals surface area contributed by atoms with Gasteiger partial charge in [-0.25, -0.2) is 9.18 Å². The highest BCUT2D eigenvalue weighted by atomic mass is 19.1. The van der Waals surface area contributed by atoms with Crippen LogP contribution in [0.15, 0.2) is 42.6 Å². The minimum atomic E-state index is -1.09. The van der Waals surface area contributed by atoms with Gasteiger partial charge < -0.3 is 9.84 Å². The average Bonchev–Trinajstić information content (AvgIpc) is 2.41. The normalized spacial score (nSPS) is 10.7. The quantitative estimate of drug-likeness (QED) is 0.867. The third-order valence-electron chi connectivity index (χ3n) is 2.49. The van der Waals surface area contributed by atoms with E-state index >= 15 is 0 Å². The number of aryl methyl sites for hydroxylation is 1. The van der Waals surface area contributed by atoms with Crippen LogP contribution < -0.4 is 4.74 Å². The van der Waals surface area contributed by atoms with Gasteiger partial charge in [-0.1, -0.05) is 6.07 Å². The Kier molecular flexibility index (Phi) is 4.10. The standard InChI is InChI=1S/C15H12FNO3/c1-10-2-5-12(9-17-10)20-14-6-3-11(8-13(14)16)4-7-15(18)19/h2-9H,1H3,(H,18,19). The molecule has 0 spiro atoms. The summed E-state index contributed by atoms with van der Waals surface area (Å²) in [6.45, 7) is 1.84. The van der Waals surface area contributed by atoms with Gasteiger partial charge in [-0.2, -0.15) is 0 Å². The van der Waals surface area contributed by atoms with E-state index < -0.39 is 11.8 Å². The highest BCUT2D eigenvalue weighted by Gasteiger charge is 2.05. The molecule has 1 aromatic carbocycles. The third-order valence-corrected chi connectivity index (χ3v) is 2.49. The lowest BCUT2D eigenvalue weighted by Crippen LogP contribution is -1.91. The molecule has 0 aliphatic heterocycles. The number of aromatic nitrogens is 1. The van der Waals surface area contributed by atoms with Gasteiger partial charge in [0.25, 0.3) is 0 Å². The number of ether oxygens (including phenoxy) is 1. The van der Waals surface area contributed by atoms with Gasteiger partial charge in [0.1, 0.15) is 5.75 Å². The first-order valence-corrected chi connectivity index (χ1v) is 5.85. The molecule has 4 nitrogen and oxygen atoms in total. The fraction of sp³-hybridized carbons (Fsp3) is 0.0667. The van der Waals surface area contributed by atoms with Crippen molar-refractivity contribution < 1.29 is 19.0 Å². The van der Waals surface area contributed by atoms with Crippen LogP contribution in [-0.2, 0) is 4.79 Å². The molecule has 2 aromatic rings. The molecule has 1 aromatic heterocycles. The molecule has 0 radical (unpaired) electrons. The van der Waals surface area contributed by atoms with Gasteiger partial charge in [-0.05, 0) is 42.8 Å². The molecule has 0 unspecified atom stereocenters. The summed E-state index contributed by atoms with van der Waals surface area (Å²) >= 11 is 0. The minimum absolute atomic E-state index is 0.0585. The molecule has 2 rings (SSSR count). The van der Waals surface area contributed by atoms with Gasteiger partial charge in [0.2, 0.25) is 0 Å². The number of aliphatic carboxylic acids is 1. The Hall–Kier alpha value is -2.69. The zero-order valence-corrected chi connectivity index (χ0v) is 10.7. The van der Waals surface area contributed by atoms with Gasteiger partial charge in [-0.3, -0.25) is 4.98 Å². The summed E-state index contributed by atoms with van der Waals surface area (Å²) < 4.78 is 19.2. The van der Waals surface area contributed by atoms with E-state index in [0.717, 1.165) is 11.8 Å². The summed E-state index contributed by atoms with van der Waals surface area (Å²) in [4.78, 5) is 14.4. The summed E-state index contributed by atoms with van der Waals surface area (Å²) in [5.41, 5.74) is 1.28. The molecule has 0 saturated carbocycles. The Bertz CT molecular complexity index is 651. The van der Waals surface area contributed by atoms with Crippen molar-refractivity contribution in [1.82, 2.24) is 4.98 Å². The lowest BCUT2D eigenvalue weighted by atomic mass is 10.2. The maximum absolute atomic E-state index is 13.8. The van der Waals surface area contributed by atoms with Crippen LogP contribution >= 0.6 is 0 Å². The van der Waals surface area contributed by atoms with E-state index in [4.69, 9.17) is 9.84 Å². The first kappa shape index (κ1) is 13.7. The van der Waals surface area contributed by atoms with E-state index in [-0.39, 0.29) is 5.75 Å². The number of hydrogen-bond donors (Lipinski definition) is 1. The summed E-state index contributed by atoms with van der Waals surface area (Å²) in [5, 5.41) is 8.50. The molecule has 0 bridgehead atoms. The van der Waals surface area contributed by atoms with Crippen LogP contribution in [0.3, 0.4) is 0 Å². The van der Waals surface area contributed by atoms with Crippen LogP contribution in [0, 0.1) is 12.7 Å². The molecule has 102 valence electrons. The Morgan fingerprint density at radius 3 is 2.75 bits per heavy atom. The molecule has 0 aliphatic rings. The van der Waals surface area contributed by atoms with Gasteiger partial charge in [0, 0.05) is 11.8 Å². The number of halogens is 1. The molecular formula is C15H12FNO3. The Morgan fingerprint density at radius 1 is 1.35 bits per heavy atom. The number of pyridine rings is 1. The van der Waals surface area contributed by atoms with E-state index in [1.807, 2.05) is 6.92 Å². The van der Waals surface area contributed by atoms with E-state index in [0.29, 0.717) is 11.3 Å². The van der Waals surface area contributed by atoms with Crippen molar-refractivity contribution in [3.05, 3.63) is 59.7 Å². The van der Waals surface area contributed by atoms with Crippen LogP contribution in [0.5, 0.6) is 11.5 Å². The Balaban J connectivity index is 2.17. The smallest absolute Gasteiger partial charge is 0.328 e. The zero-order valence-electron chi connectivity index (χ0n) is 10.7. The Morgan fingerprint density at radius 2 is 2.15 bits per heavy atom. The molecule has 0 aliphatic carbocycles. The monoisotopic (exact) mass is 273 g/mol. The van der Waals surface area contributed by atoms with Gasteiger partial charge in [0.15, 0.2) is 11.6 Å². The van der Waals surface area contributed by atoms with E-state index in [2.05, 4.69) is 4.98 Å². The SMILES string of the molecule is Cc1ccc(Oc2ccc(C=CC(=O)O)cc2F)cn1. The second-order valence-corrected chi connectivity index (χ2v) is 4.10. The summed E-state index contributed by atoms with van der Waals surface area (Å²) in [6, 6.07) is 7.67. The largest absolute Gasteiger partial charge is 0.478 e. The van der Waals surface area contributed by atoms with Crippen molar-refractivity contribution in [2.24, 2.45) is 0 Å². The number of carboxylic acid groups (broad SMARTS) is 1. The van der Waals surface area contributed by atoms with Crippen molar-refractivity contribution >= 4 is 12.0 Å². The number of hydrogen-bond acceptors (Lipinski definition) is 3. The maximum Gasteiger partial charge on any atom is 0.328 e. The summed E-state index contributed by atoms with van der Waals surface area (Å²) in [7, 11) is 0. The first-order chi connectivity index (χ1) is 9.54. The van der Waals surface area contributed by atoms with Gasteiger partial charge in [0.05, 0.1) is 6.20 Å². The predicted molar refractivity (Wildman–Crippen MR) is 72.1 cm³/mol. The molecule has 1 N–H and O–H groups in total. The predicted octanol–water partition coefficient (Wildman–Crippen LogP) is 3.42. The molecule has 0 atom stereocenters. The fourth-order valence-electron chi connectivity index (χ4n) is 1.51. The summed E-state index contributed by atoms with van der Waals surface area (Å²) in [5.74, 6) is -1.17. The van der Waals surface area contributed by atoms with Crippen molar-refractivity contribution in [3.63, 3.8) is 0 Å². The van der Waals surface area contributed by atoms with Gasteiger partial charge >= 0.3 is 5.97 Å². The van der Waals surface area contributed by atoms with Crippen molar-refractivity contribution in [2.45, 2.75) is 6.92 Å². The fourth-order valence-corrected chi connectivity index (χ4v) is 1.51. The lowest BCUT2D eigenvalue weighted by molar-refractivity contribution is -0.131. The van der Waals surface area contributed by atoms with Crippen molar-refractivity contribution in [1.29, 1.82) is 0 Å². The Labute approximate surface area is 115 Å². The highest BCUT2D eigenvalue weighted by molar-refractivity contribution is 5.85. The molecule has 0 amide bonds. The molecule has 1 heterocycles. The number of carbonyl (C=O) groups is 1. The van der Waals surface area contributed by atoms with Crippen molar-refractivity contribution in [2.75, 3.05) is 0 Å². The molecule has 5 heteroatoms. The van der Waals surface area contributed by atoms with Crippen molar-refractivity contribution in [3.8, 4) is 11.5 Å². The molecule has 0 fully saturated rings. The topological polar surface area (TPSA) is 59.4 Å². The van der Waals surface area contributed by atoms with Crippen LogP contribution in [0.1, 0.15) is 11.3 Å². The lowest BCUT2D eigenvalue weighted by Gasteiger charge is -2.07. The molecule has 0 saturated heterocycles. The van der Waals surface area contributed by atoms with Crippen LogP contribution in [0.2, 0.25) is 0 Å². The van der Waals surface area contributed by atoms with E-state index in [1.165, 1.54) is 24.4 Å². The number of carboxylic acids is 1. The van der Waals surface area contributed by atoms with Crippen LogP contribution in [0.4, 0.5) is 4.39 Å². The van der Waals surface area contributed by atoms with E-state index in [9.17, 15) is 9.18 Å². The van der Waals surface area contributed by atoms with Crippen LogP contribution in [0.25, 0.3) is 6.08 Å². The molecular weight excluding hydrogens is 261 g/mol. The zero-order chi connectivity index (χ0) is 14.5.